The molecule has 4 N–H and O–H groups in total. The molecule has 1 fully saturated rings. The maximum atomic E-state index is 12.1. The fraction of sp³-hybridized carbons (Fsp3) is 0.368. The van der Waals surface area contributed by atoms with Crippen molar-refractivity contribution in [1.82, 2.24) is 10.3 Å². The molecule has 7 nitrogen and oxygen atoms in total. The molecule has 2 unspecified atom stereocenters. The van der Waals surface area contributed by atoms with Crippen LogP contribution in [0.25, 0.3) is 0 Å². The second kappa shape index (κ2) is 8.16. The number of hydrogen-bond acceptors (Lipinski definition) is 5. The summed E-state index contributed by atoms with van der Waals surface area (Å²) in [6, 6.07) is 12.4. The van der Waals surface area contributed by atoms with Crippen molar-refractivity contribution in [2.75, 3.05) is 18.5 Å². The Hall–Kier alpha value is -2.64. The van der Waals surface area contributed by atoms with E-state index in [4.69, 9.17) is 4.74 Å². The van der Waals surface area contributed by atoms with E-state index in [-0.39, 0.29) is 19.2 Å². The van der Waals surface area contributed by atoms with E-state index in [1.165, 1.54) is 0 Å². The summed E-state index contributed by atoms with van der Waals surface area (Å²) in [6.07, 6.45) is 2.25. The van der Waals surface area contributed by atoms with Gasteiger partial charge in [-0.2, -0.15) is 0 Å². The summed E-state index contributed by atoms with van der Waals surface area (Å²) in [7, 11) is 0. The van der Waals surface area contributed by atoms with E-state index in [0.29, 0.717) is 24.3 Å². The highest BCUT2D eigenvalue weighted by Gasteiger charge is 2.45. The lowest BCUT2D eigenvalue weighted by molar-refractivity contribution is 0.0438. The first-order valence-electron chi connectivity index (χ1n) is 8.55. The summed E-state index contributed by atoms with van der Waals surface area (Å²) in [5, 5.41) is 25.5. The van der Waals surface area contributed by atoms with Gasteiger partial charge < -0.3 is 25.6 Å². The van der Waals surface area contributed by atoms with Gasteiger partial charge in [-0.15, -0.1) is 0 Å². The summed E-state index contributed by atoms with van der Waals surface area (Å²) >= 11 is 0. The Bertz CT molecular complexity index is 701. The van der Waals surface area contributed by atoms with Crippen molar-refractivity contribution in [3.8, 4) is 5.75 Å². The molecule has 2 atom stereocenters. The van der Waals surface area contributed by atoms with Gasteiger partial charge in [-0.25, -0.2) is 4.79 Å². The van der Waals surface area contributed by atoms with Crippen molar-refractivity contribution in [2.24, 2.45) is 5.41 Å². The number of carbonyl (C=O) groups excluding carboxylic acids is 1. The Morgan fingerprint density at radius 2 is 1.88 bits per heavy atom. The van der Waals surface area contributed by atoms with E-state index in [2.05, 4.69) is 15.6 Å². The predicted octanol–water partition coefficient (Wildman–Crippen LogP) is 1.78. The molecule has 0 radical (unpaired) electrons. The molecule has 1 aliphatic rings. The van der Waals surface area contributed by atoms with Crippen molar-refractivity contribution < 1.29 is 19.7 Å². The van der Waals surface area contributed by atoms with Gasteiger partial charge in [-0.3, -0.25) is 4.98 Å². The number of aliphatic hydroxyl groups is 2. The van der Waals surface area contributed by atoms with Crippen molar-refractivity contribution in [1.29, 1.82) is 0 Å². The second-order valence-electron chi connectivity index (χ2n) is 6.69. The maximum absolute atomic E-state index is 12.1. The average Bonchev–Trinajstić information content (AvgIpc) is 2.95. The fourth-order valence-corrected chi connectivity index (χ4v) is 3.19. The molecule has 138 valence electrons. The van der Waals surface area contributed by atoms with Gasteiger partial charge in [0.25, 0.3) is 0 Å². The molecule has 2 amide bonds. The molecule has 3 rings (SSSR count). The van der Waals surface area contributed by atoms with E-state index in [1.807, 2.05) is 30.3 Å². The summed E-state index contributed by atoms with van der Waals surface area (Å²) in [5.41, 5.74) is 0.0482. The van der Waals surface area contributed by atoms with Gasteiger partial charge in [0.05, 0.1) is 30.7 Å². The van der Waals surface area contributed by atoms with Crippen LogP contribution in [-0.4, -0.2) is 46.6 Å². The smallest absolute Gasteiger partial charge is 0.319 e. The van der Waals surface area contributed by atoms with E-state index < -0.39 is 17.6 Å². The summed E-state index contributed by atoms with van der Waals surface area (Å²) in [6.45, 7) is 0.568. The molecule has 1 aliphatic carbocycles. The number of aromatic nitrogens is 1. The van der Waals surface area contributed by atoms with E-state index >= 15 is 0 Å². The monoisotopic (exact) mass is 357 g/mol. The first-order chi connectivity index (χ1) is 12.6. The zero-order valence-corrected chi connectivity index (χ0v) is 14.3. The van der Waals surface area contributed by atoms with Gasteiger partial charge in [-0.05, 0) is 37.1 Å². The molecule has 26 heavy (non-hydrogen) atoms. The first-order valence-corrected chi connectivity index (χ1v) is 8.55. The molecule has 0 bridgehead atoms. The topological polar surface area (TPSA) is 104 Å². The number of rotatable bonds is 6. The van der Waals surface area contributed by atoms with Crippen LogP contribution in [0, 0.1) is 5.41 Å². The van der Waals surface area contributed by atoms with Crippen LogP contribution >= 0.6 is 0 Å². The largest absolute Gasteiger partial charge is 0.493 e. The average molecular weight is 357 g/mol. The highest BCUT2D eigenvalue weighted by molar-refractivity contribution is 5.88. The summed E-state index contributed by atoms with van der Waals surface area (Å²) in [4.78, 5) is 16.1. The molecule has 1 aromatic carbocycles. The normalized spacial score (nSPS) is 24.8. The Balaban J connectivity index is 1.60. The molecule has 0 spiro atoms. The van der Waals surface area contributed by atoms with Crippen LogP contribution < -0.4 is 15.4 Å². The summed E-state index contributed by atoms with van der Waals surface area (Å²) in [5.74, 6) is 0.711. The van der Waals surface area contributed by atoms with E-state index in [9.17, 15) is 15.0 Å². The van der Waals surface area contributed by atoms with Gasteiger partial charge in [0.1, 0.15) is 5.75 Å². The zero-order chi connectivity index (χ0) is 18.4. The predicted molar refractivity (Wildman–Crippen MR) is 96.9 cm³/mol. The molecular formula is C19H23N3O4. The van der Waals surface area contributed by atoms with Crippen molar-refractivity contribution >= 4 is 11.7 Å². The third kappa shape index (κ3) is 4.71. The number of pyridine rings is 1. The van der Waals surface area contributed by atoms with Crippen LogP contribution in [0.4, 0.5) is 10.5 Å². The quantitative estimate of drug-likeness (QED) is 0.631. The summed E-state index contributed by atoms with van der Waals surface area (Å²) < 4.78 is 5.84. The minimum Gasteiger partial charge on any atom is -0.493 e. The van der Waals surface area contributed by atoms with Crippen LogP contribution in [0.3, 0.4) is 0 Å². The maximum Gasteiger partial charge on any atom is 0.319 e. The number of benzene rings is 1. The second-order valence-corrected chi connectivity index (χ2v) is 6.69. The van der Waals surface area contributed by atoms with Gasteiger partial charge in [-0.1, -0.05) is 18.2 Å². The van der Waals surface area contributed by atoms with E-state index in [0.717, 1.165) is 0 Å². The van der Waals surface area contributed by atoms with Crippen molar-refractivity contribution in [3.05, 3.63) is 54.9 Å². The first kappa shape index (κ1) is 18.2. The highest BCUT2D eigenvalue weighted by Crippen LogP contribution is 2.38. The number of amides is 2. The molecule has 1 heterocycles. The number of anilines is 1. The SMILES string of the molecule is O=C(NCC1(COc2ccccc2)CC(O)C(O)C1)Nc1cccnc1. The number of urea groups is 1. The van der Waals surface area contributed by atoms with Gasteiger partial charge in [0.2, 0.25) is 0 Å². The molecule has 1 saturated carbocycles. The fourth-order valence-electron chi connectivity index (χ4n) is 3.19. The van der Waals surface area contributed by atoms with Gasteiger partial charge in [0.15, 0.2) is 0 Å². The standard InChI is InChI=1S/C19H23N3O4/c23-16-9-19(10-17(16)24,13-26-15-6-2-1-3-7-15)12-21-18(25)22-14-5-4-8-20-11-14/h1-8,11,16-17,23-24H,9-10,12-13H2,(H2,21,22,25). The lowest BCUT2D eigenvalue weighted by Crippen LogP contribution is -2.42. The molecule has 1 aromatic heterocycles. The van der Waals surface area contributed by atoms with Crippen LogP contribution in [0.15, 0.2) is 54.9 Å². The van der Waals surface area contributed by atoms with Crippen LogP contribution in [-0.2, 0) is 0 Å². The lowest BCUT2D eigenvalue weighted by Gasteiger charge is -2.29. The Morgan fingerprint density at radius 1 is 1.15 bits per heavy atom. The van der Waals surface area contributed by atoms with Crippen LogP contribution in [0.2, 0.25) is 0 Å². The number of aliphatic hydroxyl groups excluding tert-OH is 2. The highest BCUT2D eigenvalue weighted by atomic mass is 16.5. The molecule has 2 aromatic rings. The number of carbonyl (C=O) groups is 1. The third-order valence-corrected chi connectivity index (χ3v) is 4.56. The van der Waals surface area contributed by atoms with Crippen LogP contribution in [0.5, 0.6) is 5.75 Å². The molecule has 0 aliphatic heterocycles. The zero-order valence-electron chi connectivity index (χ0n) is 14.3. The molecule has 0 saturated heterocycles. The minimum atomic E-state index is -0.822. The number of hydrogen-bond donors (Lipinski definition) is 4. The van der Waals surface area contributed by atoms with Crippen molar-refractivity contribution in [2.45, 2.75) is 25.0 Å². The third-order valence-electron chi connectivity index (χ3n) is 4.56. The van der Waals surface area contributed by atoms with E-state index in [1.54, 1.807) is 24.5 Å². The number of ether oxygens (including phenoxy) is 1. The molecular weight excluding hydrogens is 334 g/mol. The number of para-hydroxylation sites is 1. The van der Waals surface area contributed by atoms with Crippen LogP contribution in [0.1, 0.15) is 12.8 Å². The van der Waals surface area contributed by atoms with Gasteiger partial charge in [0, 0.05) is 18.2 Å². The Morgan fingerprint density at radius 3 is 2.54 bits per heavy atom. The Labute approximate surface area is 152 Å². The molecule has 7 heteroatoms. The lowest BCUT2D eigenvalue weighted by atomic mass is 9.86. The Kier molecular flexibility index (Phi) is 5.70. The van der Waals surface area contributed by atoms with Crippen molar-refractivity contribution in [3.63, 3.8) is 0 Å². The van der Waals surface area contributed by atoms with Gasteiger partial charge >= 0.3 is 6.03 Å². The number of nitrogens with one attached hydrogen (secondary N) is 2. The number of nitrogens with zero attached hydrogens (tertiary/aromatic N) is 1. The minimum absolute atomic E-state index is 0.278.